The highest BCUT2D eigenvalue weighted by molar-refractivity contribution is 5.77. The molecule has 0 amide bonds. The smallest absolute Gasteiger partial charge is 0.212 e. The van der Waals surface area contributed by atoms with E-state index in [9.17, 15) is 0 Å². The minimum Gasteiger partial charge on any atom is -0.496 e. The topological polar surface area (TPSA) is 61.5 Å². The Hall–Kier alpha value is -3.41. The van der Waals surface area contributed by atoms with E-state index in [2.05, 4.69) is 33.4 Å². The van der Waals surface area contributed by atoms with Crippen molar-refractivity contribution in [3.63, 3.8) is 0 Å². The molecule has 0 atom stereocenters. The van der Waals surface area contributed by atoms with Crippen LogP contribution in [0.1, 0.15) is 11.3 Å². The number of fused-ring (bicyclic) bond motifs is 1. The minimum atomic E-state index is 0.588. The average molecular weight is 360 g/mol. The zero-order chi connectivity index (χ0) is 18.6. The number of para-hydroxylation sites is 1. The molecule has 0 unspecified atom stereocenters. The van der Waals surface area contributed by atoms with Gasteiger partial charge in [-0.2, -0.15) is 0 Å². The van der Waals surface area contributed by atoms with Crippen LogP contribution >= 0.6 is 0 Å². The number of aryl methyl sites for hydroxylation is 2. The molecule has 0 N–H and O–H groups in total. The van der Waals surface area contributed by atoms with Gasteiger partial charge in [-0.05, 0) is 42.7 Å². The second kappa shape index (κ2) is 7.45. The van der Waals surface area contributed by atoms with Crippen LogP contribution in [-0.4, -0.2) is 33.8 Å². The van der Waals surface area contributed by atoms with E-state index in [1.165, 1.54) is 5.56 Å². The number of hydrogen-bond donors (Lipinski definition) is 0. The van der Waals surface area contributed by atoms with E-state index in [1.807, 2.05) is 34.7 Å². The number of rotatable bonds is 6. The quantitative estimate of drug-likeness (QED) is 0.526. The number of aromatic nitrogens is 4. The molecule has 27 heavy (non-hydrogen) atoms. The Kier molecular flexibility index (Phi) is 4.70. The van der Waals surface area contributed by atoms with Gasteiger partial charge in [0.2, 0.25) is 5.88 Å². The summed E-state index contributed by atoms with van der Waals surface area (Å²) in [6.45, 7) is 0. The lowest BCUT2D eigenvalue weighted by Crippen LogP contribution is -2.01. The molecule has 0 bridgehead atoms. The molecule has 3 aromatic heterocycles. The summed E-state index contributed by atoms with van der Waals surface area (Å²) in [5.74, 6) is 1.50. The van der Waals surface area contributed by atoms with Crippen LogP contribution < -0.4 is 9.47 Å². The van der Waals surface area contributed by atoms with Gasteiger partial charge in [0.1, 0.15) is 12.1 Å². The fourth-order valence-corrected chi connectivity index (χ4v) is 3.22. The predicted molar refractivity (Wildman–Crippen MR) is 103 cm³/mol. The van der Waals surface area contributed by atoms with Crippen molar-refractivity contribution in [1.29, 1.82) is 0 Å². The number of benzene rings is 1. The van der Waals surface area contributed by atoms with Crippen LogP contribution in [0.4, 0.5) is 0 Å². The van der Waals surface area contributed by atoms with Crippen LogP contribution in [0.25, 0.3) is 16.8 Å². The van der Waals surface area contributed by atoms with Gasteiger partial charge in [-0.25, -0.2) is 4.98 Å². The monoisotopic (exact) mass is 360 g/mol. The molecule has 0 aliphatic heterocycles. The third-order valence-electron chi connectivity index (χ3n) is 4.64. The molecule has 0 fully saturated rings. The Morgan fingerprint density at radius 1 is 0.926 bits per heavy atom. The van der Waals surface area contributed by atoms with Gasteiger partial charge in [0.15, 0.2) is 5.65 Å². The second-order valence-corrected chi connectivity index (χ2v) is 6.16. The molecule has 0 spiro atoms. The van der Waals surface area contributed by atoms with Gasteiger partial charge in [0, 0.05) is 29.1 Å². The summed E-state index contributed by atoms with van der Waals surface area (Å²) < 4.78 is 12.6. The third kappa shape index (κ3) is 3.33. The maximum absolute atomic E-state index is 5.45. The Balaban J connectivity index is 1.65. The molecule has 4 aromatic rings. The Morgan fingerprint density at radius 2 is 1.81 bits per heavy atom. The zero-order valence-electron chi connectivity index (χ0n) is 15.3. The Morgan fingerprint density at radius 3 is 2.59 bits per heavy atom. The number of pyridine rings is 2. The summed E-state index contributed by atoms with van der Waals surface area (Å²) >= 11 is 0. The number of nitrogens with zero attached hydrogens (tertiary/aromatic N) is 4. The van der Waals surface area contributed by atoms with Gasteiger partial charge in [0.25, 0.3) is 0 Å². The van der Waals surface area contributed by atoms with Crippen LogP contribution in [0, 0.1) is 0 Å². The highest BCUT2D eigenvalue weighted by Crippen LogP contribution is 2.26. The molecule has 6 nitrogen and oxygen atoms in total. The first-order valence-corrected chi connectivity index (χ1v) is 8.74. The molecule has 0 aliphatic rings. The van der Waals surface area contributed by atoms with E-state index in [0.29, 0.717) is 5.88 Å². The highest BCUT2D eigenvalue weighted by Gasteiger charge is 2.11. The van der Waals surface area contributed by atoms with E-state index in [4.69, 9.17) is 9.47 Å². The van der Waals surface area contributed by atoms with Crippen molar-refractivity contribution in [2.45, 2.75) is 12.8 Å². The summed E-state index contributed by atoms with van der Waals surface area (Å²) in [5, 5.41) is 8.43. The molecular weight excluding hydrogens is 340 g/mol. The van der Waals surface area contributed by atoms with Crippen molar-refractivity contribution in [3.8, 4) is 22.8 Å². The number of hydrogen-bond acceptors (Lipinski definition) is 5. The number of ether oxygens (including phenoxy) is 2. The maximum Gasteiger partial charge on any atom is 0.212 e. The van der Waals surface area contributed by atoms with E-state index in [-0.39, 0.29) is 0 Å². The predicted octanol–water partition coefficient (Wildman–Crippen LogP) is 3.59. The summed E-state index contributed by atoms with van der Waals surface area (Å²) in [5.41, 5.74) is 5.11. The lowest BCUT2D eigenvalue weighted by molar-refractivity contribution is 0.398. The van der Waals surface area contributed by atoms with Gasteiger partial charge in [-0.15, -0.1) is 10.2 Å². The highest BCUT2D eigenvalue weighted by atomic mass is 16.5. The zero-order valence-corrected chi connectivity index (χ0v) is 15.3. The van der Waals surface area contributed by atoms with Crippen LogP contribution in [0.2, 0.25) is 0 Å². The molecular formula is C21H20N4O2. The first-order valence-electron chi connectivity index (χ1n) is 8.74. The molecule has 0 aliphatic carbocycles. The van der Waals surface area contributed by atoms with Crippen molar-refractivity contribution < 1.29 is 9.47 Å². The first kappa shape index (κ1) is 17.0. The molecule has 6 heteroatoms. The van der Waals surface area contributed by atoms with Crippen molar-refractivity contribution in [2.24, 2.45) is 0 Å². The van der Waals surface area contributed by atoms with Crippen LogP contribution in [-0.2, 0) is 12.8 Å². The maximum atomic E-state index is 5.45. The van der Waals surface area contributed by atoms with Crippen molar-refractivity contribution in [2.75, 3.05) is 14.2 Å². The van der Waals surface area contributed by atoms with Gasteiger partial charge in [-0.3, -0.25) is 4.40 Å². The molecule has 136 valence electrons. The molecule has 0 radical (unpaired) electrons. The SMILES string of the molecule is COc1ccc(-c2ccc(CCc3ccccc3OC)n3cnnc23)cn1. The van der Waals surface area contributed by atoms with Crippen LogP contribution in [0.3, 0.4) is 0 Å². The number of methoxy groups -OCH3 is 2. The van der Waals surface area contributed by atoms with E-state index >= 15 is 0 Å². The lowest BCUT2D eigenvalue weighted by Gasteiger charge is -2.11. The van der Waals surface area contributed by atoms with Crippen molar-refractivity contribution >= 4 is 5.65 Å². The van der Waals surface area contributed by atoms with Gasteiger partial charge < -0.3 is 9.47 Å². The summed E-state index contributed by atoms with van der Waals surface area (Å²) in [6, 6.07) is 16.1. The van der Waals surface area contributed by atoms with Crippen LogP contribution in [0.15, 0.2) is 61.1 Å². The molecule has 4 rings (SSSR count). The summed E-state index contributed by atoms with van der Waals surface area (Å²) in [4.78, 5) is 4.29. The minimum absolute atomic E-state index is 0.588. The van der Waals surface area contributed by atoms with E-state index in [0.717, 1.165) is 41.1 Å². The molecule has 1 aromatic carbocycles. The van der Waals surface area contributed by atoms with Gasteiger partial charge in [-0.1, -0.05) is 18.2 Å². The van der Waals surface area contributed by atoms with Crippen LogP contribution in [0.5, 0.6) is 11.6 Å². The fourth-order valence-electron chi connectivity index (χ4n) is 3.22. The summed E-state index contributed by atoms with van der Waals surface area (Å²) in [6.07, 6.45) is 5.28. The first-order chi connectivity index (χ1) is 13.3. The molecule has 3 heterocycles. The van der Waals surface area contributed by atoms with Crippen molar-refractivity contribution in [1.82, 2.24) is 19.6 Å². The largest absolute Gasteiger partial charge is 0.496 e. The average Bonchev–Trinajstić information content (AvgIpc) is 3.22. The van der Waals surface area contributed by atoms with E-state index < -0.39 is 0 Å². The second-order valence-electron chi connectivity index (χ2n) is 6.16. The Bertz CT molecular complexity index is 1060. The standard InChI is InChI=1S/C21H20N4O2/c1-26-19-6-4-3-5-15(19)7-9-17-10-11-18(21-24-23-14-25(17)21)16-8-12-20(27-2)22-13-16/h3-6,8,10-14H,7,9H2,1-2H3. The van der Waals surface area contributed by atoms with Crippen molar-refractivity contribution in [3.05, 3.63) is 72.3 Å². The normalized spacial score (nSPS) is 10.9. The van der Waals surface area contributed by atoms with Gasteiger partial charge >= 0.3 is 0 Å². The Labute approximate surface area is 157 Å². The lowest BCUT2D eigenvalue weighted by atomic mass is 10.0. The molecule has 0 saturated carbocycles. The fraction of sp³-hybridized carbons (Fsp3) is 0.190. The van der Waals surface area contributed by atoms with E-state index in [1.54, 1.807) is 26.7 Å². The third-order valence-corrected chi connectivity index (χ3v) is 4.64. The van der Waals surface area contributed by atoms with Gasteiger partial charge in [0.05, 0.1) is 14.2 Å². The summed E-state index contributed by atoms with van der Waals surface area (Å²) in [7, 11) is 3.31. The molecule has 0 saturated heterocycles.